The van der Waals surface area contributed by atoms with Gasteiger partial charge in [-0.3, -0.25) is 14.5 Å². The number of hydrogen-bond acceptors (Lipinski definition) is 6. The molecule has 0 spiro atoms. The van der Waals surface area contributed by atoms with Crippen molar-refractivity contribution in [3.05, 3.63) is 64.9 Å². The van der Waals surface area contributed by atoms with Crippen molar-refractivity contribution in [1.82, 2.24) is 4.98 Å². The van der Waals surface area contributed by atoms with Crippen LogP contribution in [0.25, 0.3) is 0 Å². The molecular formula is C22H22F2N4O3S. The smallest absolute Gasteiger partial charge is 0.232 e. The molecule has 168 valence electrons. The van der Waals surface area contributed by atoms with Crippen molar-refractivity contribution in [3.63, 3.8) is 0 Å². The van der Waals surface area contributed by atoms with Gasteiger partial charge in [0.2, 0.25) is 10.0 Å². The molecule has 2 aromatic rings. The fraction of sp³-hybridized carbons (Fsp3) is 0.318. The van der Waals surface area contributed by atoms with E-state index in [0.29, 0.717) is 29.9 Å². The molecule has 0 bridgehead atoms. The molecule has 32 heavy (non-hydrogen) atoms. The number of fused-ring (bicyclic) bond motifs is 1. The number of anilines is 2. The zero-order valence-corrected chi connectivity index (χ0v) is 18.2. The van der Waals surface area contributed by atoms with Gasteiger partial charge in [0, 0.05) is 30.4 Å². The molecule has 1 aromatic heterocycles. The number of nitrogens with one attached hydrogen (secondary N) is 2. The highest BCUT2D eigenvalue weighted by atomic mass is 32.2. The number of nitrogens with zero attached hydrogens (tertiary/aromatic N) is 2. The summed E-state index contributed by atoms with van der Waals surface area (Å²) in [6.07, 6.45) is 6.67. The lowest BCUT2D eigenvalue weighted by Crippen LogP contribution is -2.21. The van der Waals surface area contributed by atoms with E-state index in [0.717, 1.165) is 24.3 Å². The topological polar surface area (TPSA) is 101 Å². The minimum Gasteiger partial charge on any atom is -0.369 e. The van der Waals surface area contributed by atoms with Crippen LogP contribution in [-0.4, -0.2) is 43.7 Å². The van der Waals surface area contributed by atoms with Crippen LogP contribution in [-0.2, 0) is 10.0 Å². The van der Waals surface area contributed by atoms with Gasteiger partial charge in [-0.25, -0.2) is 22.2 Å². The highest BCUT2D eigenvalue weighted by molar-refractivity contribution is 7.92. The van der Waals surface area contributed by atoms with E-state index in [9.17, 15) is 17.6 Å². The quantitative estimate of drug-likeness (QED) is 0.615. The van der Waals surface area contributed by atoms with E-state index in [1.807, 2.05) is 12.2 Å². The zero-order valence-electron chi connectivity index (χ0n) is 17.4. The Labute approximate surface area is 184 Å². The predicted molar refractivity (Wildman–Crippen MR) is 119 cm³/mol. The molecule has 0 radical (unpaired) electrons. The third kappa shape index (κ3) is 4.27. The fourth-order valence-corrected chi connectivity index (χ4v) is 4.92. The molecule has 0 saturated heterocycles. The average molecular weight is 461 g/mol. The Bertz CT molecular complexity index is 1240. The van der Waals surface area contributed by atoms with E-state index in [1.165, 1.54) is 0 Å². The van der Waals surface area contributed by atoms with Gasteiger partial charge in [-0.05, 0) is 37.1 Å². The normalized spacial score (nSPS) is 17.5. The minimum atomic E-state index is -3.81. The summed E-state index contributed by atoms with van der Waals surface area (Å²) in [6.45, 7) is 2.44. The first kappa shape index (κ1) is 22.1. The molecule has 1 aromatic carbocycles. The molecule has 0 aliphatic carbocycles. The zero-order chi connectivity index (χ0) is 22.9. The standard InChI is InChI=1S/C22H22F2N4O3S/c1-2-9-32(30,31)28-18-7-6-16(23)19(20(18)24)21(29)15-12-27-22-14(15)10-13(11-26-22)17-5-3-4-8-25-17/h3,5-7,10-11,15,28H,2,4,8-9,12H2,1H3,(H,26,27). The van der Waals surface area contributed by atoms with Crippen molar-refractivity contribution in [2.75, 3.05) is 28.9 Å². The van der Waals surface area contributed by atoms with Crippen LogP contribution in [0.15, 0.2) is 41.5 Å². The first-order chi connectivity index (χ1) is 15.3. The molecule has 0 fully saturated rings. The summed E-state index contributed by atoms with van der Waals surface area (Å²) >= 11 is 0. The van der Waals surface area contributed by atoms with E-state index >= 15 is 4.39 Å². The van der Waals surface area contributed by atoms with Gasteiger partial charge in [0.15, 0.2) is 11.6 Å². The second kappa shape index (κ2) is 8.78. The van der Waals surface area contributed by atoms with Gasteiger partial charge < -0.3 is 5.32 Å². The lowest BCUT2D eigenvalue weighted by atomic mass is 9.91. The average Bonchev–Trinajstić information content (AvgIpc) is 3.19. The number of carbonyl (C=O) groups excluding carboxylic acids is 1. The molecule has 4 rings (SSSR count). The van der Waals surface area contributed by atoms with Crippen LogP contribution in [0.2, 0.25) is 0 Å². The molecule has 2 aliphatic rings. The van der Waals surface area contributed by atoms with Crippen LogP contribution in [0.1, 0.15) is 47.2 Å². The number of benzene rings is 1. The fourth-order valence-electron chi connectivity index (χ4n) is 3.79. The van der Waals surface area contributed by atoms with Crippen LogP contribution in [0, 0.1) is 11.6 Å². The molecule has 2 aliphatic heterocycles. The Kier molecular flexibility index (Phi) is 6.05. The number of carbonyl (C=O) groups is 1. The van der Waals surface area contributed by atoms with Gasteiger partial charge >= 0.3 is 0 Å². The molecule has 0 saturated carbocycles. The van der Waals surface area contributed by atoms with Crippen LogP contribution < -0.4 is 10.0 Å². The molecule has 0 amide bonds. The van der Waals surface area contributed by atoms with E-state index in [1.54, 1.807) is 19.2 Å². The molecule has 10 heteroatoms. The number of sulfonamides is 1. The molecule has 7 nitrogen and oxygen atoms in total. The van der Waals surface area contributed by atoms with Gasteiger partial charge in [-0.2, -0.15) is 0 Å². The van der Waals surface area contributed by atoms with Crippen molar-refractivity contribution in [2.45, 2.75) is 25.7 Å². The number of aromatic nitrogens is 1. The molecule has 1 atom stereocenters. The number of aliphatic imine (C=N–C) groups is 1. The number of dihydropyridines is 1. The van der Waals surface area contributed by atoms with E-state index in [-0.39, 0.29) is 12.3 Å². The minimum absolute atomic E-state index is 0.123. The Morgan fingerprint density at radius 3 is 2.84 bits per heavy atom. The molecule has 1 unspecified atom stereocenters. The van der Waals surface area contributed by atoms with Crippen LogP contribution in [0.3, 0.4) is 0 Å². The van der Waals surface area contributed by atoms with E-state index in [4.69, 9.17) is 0 Å². The Morgan fingerprint density at radius 1 is 1.31 bits per heavy atom. The number of allylic oxidation sites excluding steroid dienone is 1. The Morgan fingerprint density at radius 2 is 2.12 bits per heavy atom. The van der Waals surface area contributed by atoms with Gasteiger partial charge in [-0.1, -0.05) is 13.0 Å². The number of Topliss-reactive ketones (excluding diaryl/α,β-unsaturated/α-hetero) is 1. The van der Waals surface area contributed by atoms with Crippen molar-refractivity contribution >= 4 is 33.0 Å². The highest BCUT2D eigenvalue weighted by Crippen LogP contribution is 2.35. The number of ketones is 1. The maximum absolute atomic E-state index is 15.1. The number of rotatable bonds is 7. The summed E-state index contributed by atoms with van der Waals surface area (Å²) < 4.78 is 55.8. The third-order valence-corrected chi connectivity index (χ3v) is 6.78. The summed E-state index contributed by atoms with van der Waals surface area (Å²) in [4.78, 5) is 22.0. The Balaban J connectivity index is 1.69. The lowest BCUT2D eigenvalue weighted by molar-refractivity contribution is 0.0958. The maximum Gasteiger partial charge on any atom is 0.232 e. The van der Waals surface area contributed by atoms with Gasteiger partial charge in [0.1, 0.15) is 11.6 Å². The molecule has 2 N–H and O–H groups in total. The van der Waals surface area contributed by atoms with Gasteiger partial charge in [-0.15, -0.1) is 0 Å². The van der Waals surface area contributed by atoms with Gasteiger partial charge in [0.05, 0.1) is 28.6 Å². The van der Waals surface area contributed by atoms with Gasteiger partial charge in [0.25, 0.3) is 0 Å². The van der Waals surface area contributed by atoms with Crippen LogP contribution in [0.5, 0.6) is 0 Å². The lowest BCUT2D eigenvalue weighted by Gasteiger charge is -2.15. The summed E-state index contributed by atoms with van der Waals surface area (Å²) in [7, 11) is -3.81. The molecule has 3 heterocycles. The predicted octanol–water partition coefficient (Wildman–Crippen LogP) is 3.65. The number of hydrogen-bond donors (Lipinski definition) is 2. The number of halogens is 2. The molecular weight excluding hydrogens is 438 g/mol. The van der Waals surface area contributed by atoms with Crippen molar-refractivity contribution in [1.29, 1.82) is 0 Å². The van der Waals surface area contributed by atoms with Crippen LogP contribution in [0.4, 0.5) is 20.3 Å². The summed E-state index contributed by atoms with van der Waals surface area (Å²) in [5.41, 5.74) is 0.729. The van der Waals surface area contributed by atoms with E-state index in [2.05, 4.69) is 20.0 Å². The van der Waals surface area contributed by atoms with Crippen LogP contribution >= 0.6 is 0 Å². The SMILES string of the molecule is CCCS(=O)(=O)Nc1ccc(F)c(C(=O)C2CNc3ncc(C4=NCCC=C4)cc32)c1F. The monoisotopic (exact) mass is 460 g/mol. The first-order valence-corrected chi connectivity index (χ1v) is 11.9. The largest absolute Gasteiger partial charge is 0.369 e. The van der Waals surface area contributed by atoms with Crippen molar-refractivity contribution < 1.29 is 22.0 Å². The van der Waals surface area contributed by atoms with Crippen molar-refractivity contribution in [2.24, 2.45) is 4.99 Å². The van der Waals surface area contributed by atoms with Crippen molar-refractivity contribution in [3.8, 4) is 0 Å². The third-order valence-electron chi connectivity index (χ3n) is 5.31. The Hall–Kier alpha value is -3.14. The second-order valence-electron chi connectivity index (χ2n) is 7.62. The second-order valence-corrected chi connectivity index (χ2v) is 9.46. The summed E-state index contributed by atoms with van der Waals surface area (Å²) in [6, 6.07) is 3.62. The van der Waals surface area contributed by atoms with E-state index < -0.39 is 44.6 Å². The maximum atomic E-state index is 15.1. The number of pyridine rings is 1. The first-order valence-electron chi connectivity index (χ1n) is 10.3. The summed E-state index contributed by atoms with van der Waals surface area (Å²) in [5, 5.41) is 2.99. The summed E-state index contributed by atoms with van der Waals surface area (Å²) in [5.74, 6) is -3.71. The highest BCUT2D eigenvalue weighted by Gasteiger charge is 2.34.